The van der Waals surface area contributed by atoms with E-state index < -0.39 is 0 Å². The topological polar surface area (TPSA) is 50.4 Å². The first kappa shape index (κ1) is 18.4. The highest BCUT2D eigenvalue weighted by Gasteiger charge is 2.08. The van der Waals surface area contributed by atoms with E-state index in [-0.39, 0.29) is 5.54 Å². The van der Waals surface area contributed by atoms with Gasteiger partial charge in [0.1, 0.15) is 5.84 Å². The van der Waals surface area contributed by atoms with Crippen LogP contribution in [0, 0.1) is 0 Å². The number of nitrogens with zero attached hydrogens (tertiary/aromatic N) is 1. The molecule has 114 valence electrons. The summed E-state index contributed by atoms with van der Waals surface area (Å²) in [6.07, 6.45) is 13.1. The van der Waals surface area contributed by atoms with Gasteiger partial charge in [-0.25, -0.2) is 5.84 Å². The Morgan fingerprint density at radius 1 is 0.895 bits per heavy atom. The fourth-order valence-electron chi connectivity index (χ4n) is 2.17. The fourth-order valence-corrected chi connectivity index (χ4v) is 2.17. The van der Waals surface area contributed by atoms with Crippen molar-refractivity contribution in [1.82, 2.24) is 5.43 Å². The number of hydrazine groups is 1. The molecule has 3 heteroatoms. The van der Waals surface area contributed by atoms with Crippen LogP contribution in [0.15, 0.2) is 4.99 Å². The van der Waals surface area contributed by atoms with E-state index in [2.05, 4.69) is 38.1 Å². The number of aliphatic imine (C=N–C) groups is 1. The fraction of sp³-hybridized carbons (Fsp3) is 0.938. The van der Waals surface area contributed by atoms with E-state index in [9.17, 15) is 0 Å². The number of rotatable bonds is 10. The predicted molar refractivity (Wildman–Crippen MR) is 86.4 cm³/mol. The van der Waals surface area contributed by atoms with E-state index in [0.29, 0.717) is 0 Å². The molecule has 0 aliphatic rings. The lowest BCUT2D eigenvalue weighted by Gasteiger charge is -2.15. The lowest BCUT2D eigenvalue weighted by Crippen LogP contribution is -2.32. The normalized spacial score (nSPS) is 12.8. The molecule has 0 heterocycles. The van der Waals surface area contributed by atoms with Gasteiger partial charge in [-0.15, -0.1) is 0 Å². The number of nitrogens with one attached hydrogen (secondary N) is 1. The molecule has 0 aromatic carbocycles. The van der Waals surface area contributed by atoms with E-state index in [1.165, 1.54) is 57.8 Å². The van der Waals surface area contributed by atoms with Crippen LogP contribution >= 0.6 is 0 Å². The molecule has 3 nitrogen and oxygen atoms in total. The molecule has 0 unspecified atom stereocenters. The van der Waals surface area contributed by atoms with Crippen molar-refractivity contribution in [2.24, 2.45) is 10.8 Å². The maximum Gasteiger partial charge on any atom is 0.111 e. The molecule has 0 aliphatic carbocycles. The van der Waals surface area contributed by atoms with Crippen LogP contribution in [0.3, 0.4) is 0 Å². The molecule has 0 aliphatic heterocycles. The van der Waals surface area contributed by atoms with Crippen molar-refractivity contribution >= 4 is 5.84 Å². The molecular formula is C16H35N3. The van der Waals surface area contributed by atoms with Crippen molar-refractivity contribution in [2.75, 3.05) is 0 Å². The Morgan fingerprint density at radius 2 is 1.37 bits per heavy atom. The zero-order valence-corrected chi connectivity index (χ0v) is 13.6. The zero-order chi connectivity index (χ0) is 14.6. The third-order valence-corrected chi connectivity index (χ3v) is 3.15. The van der Waals surface area contributed by atoms with Crippen LogP contribution in [-0.4, -0.2) is 11.4 Å². The Morgan fingerprint density at radius 3 is 1.79 bits per heavy atom. The van der Waals surface area contributed by atoms with Crippen molar-refractivity contribution in [1.29, 1.82) is 0 Å². The molecule has 0 radical (unpaired) electrons. The van der Waals surface area contributed by atoms with E-state index in [4.69, 9.17) is 5.84 Å². The van der Waals surface area contributed by atoms with Gasteiger partial charge < -0.3 is 5.43 Å². The first-order valence-electron chi connectivity index (χ1n) is 8.05. The van der Waals surface area contributed by atoms with E-state index in [1.54, 1.807) is 0 Å². The van der Waals surface area contributed by atoms with Crippen molar-refractivity contribution in [3.63, 3.8) is 0 Å². The molecule has 0 saturated carbocycles. The minimum Gasteiger partial charge on any atom is -0.312 e. The SMILES string of the molecule is CCCCCCCCCCCC(=NC(C)(C)C)NN. The zero-order valence-electron chi connectivity index (χ0n) is 13.6. The van der Waals surface area contributed by atoms with Gasteiger partial charge in [-0.2, -0.15) is 0 Å². The number of unbranched alkanes of at least 4 members (excludes halogenated alkanes) is 8. The summed E-state index contributed by atoms with van der Waals surface area (Å²) >= 11 is 0. The van der Waals surface area contributed by atoms with Crippen LogP contribution in [0.5, 0.6) is 0 Å². The minimum absolute atomic E-state index is 0.0407. The first-order valence-corrected chi connectivity index (χ1v) is 8.05. The van der Waals surface area contributed by atoms with Crippen LogP contribution in [0.4, 0.5) is 0 Å². The second kappa shape index (κ2) is 11.3. The van der Waals surface area contributed by atoms with Gasteiger partial charge >= 0.3 is 0 Å². The summed E-state index contributed by atoms with van der Waals surface area (Å²) in [5.74, 6) is 6.45. The van der Waals surface area contributed by atoms with Crippen LogP contribution in [-0.2, 0) is 0 Å². The average Bonchev–Trinajstić information content (AvgIpc) is 2.34. The summed E-state index contributed by atoms with van der Waals surface area (Å²) in [5, 5.41) is 0. The van der Waals surface area contributed by atoms with Gasteiger partial charge in [0.05, 0.1) is 5.54 Å². The highest BCUT2D eigenvalue weighted by Crippen LogP contribution is 2.12. The third kappa shape index (κ3) is 13.7. The Hall–Kier alpha value is -0.570. The molecule has 0 atom stereocenters. The molecule has 0 amide bonds. The van der Waals surface area contributed by atoms with Crippen molar-refractivity contribution in [2.45, 2.75) is 97.4 Å². The monoisotopic (exact) mass is 269 g/mol. The van der Waals surface area contributed by atoms with Crippen LogP contribution in [0.25, 0.3) is 0 Å². The molecule has 0 aromatic heterocycles. The first-order chi connectivity index (χ1) is 8.99. The average molecular weight is 269 g/mol. The van der Waals surface area contributed by atoms with Gasteiger partial charge in [0.2, 0.25) is 0 Å². The van der Waals surface area contributed by atoms with Gasteiger partial charge in [-0.1, -0.05) is 58.3 Å². The highest BCUT2D eigenvalue weighted by atomic mass is 15.3. The van der Waals surface area contributed by atoms with Gasteiger partial charge in [-0.05, 0) is 27.2 Å². The summed E-state index contributed by atoms with van der Waals surface area (Å²) in [6, 6.07) is 0. The van der Waals surface area contributed by atoms with Gasteiger partial charge in [-0.3, -0.25) is 4.99 Å². The quantitative estimate of drug-likeness (QED) is 0.201. The van der Waals surface area contributed by atoms with Gasteiger partial charge in [0.15, 0.2) is 0 Å². The Kier molecular flexibility index (Phi) is 10.9. The summed E-state index contributed by atoms with van der Waals surface area (Å²) in [7, 11) is 0. The van der Waals surface area contributed by atoms with Crippen molar-refractivity contribution in [3.05, 3.63) is 0 Å². The molecule has 0 fully saturated rings. The van der Waals surface area contributed by atoms with E-state index in [1.807, 2.05) is 0 Å². The van der Waals surface area contributed by atoms with Crippen molar-refractivity contribution in [3.8, 4) is 0 Å². The Bertz CT molecular complexity index is 229. The van der Waals surface area contributed by atoms with E-state index >= 15 is 0 Å². The summed E-state index contributed by atoms with van der Waals surface area (Å²) < 4.78 is 0. The molecule has 0 spiro atoms. The molecule has 0 bridgehead atoms. The maximum absolute atomic E-state index is 5.51. The summed E-state index contributed by atoms with van der Waals surface area (Å²) in [6.45, 7) is 8.56. The Labute approximate surface area is 120 Å². The maximum atomic E-state index is 5.51. The van der Waals surface area contributed by atoms with Gasteiger partial charge in [0.25, 0.3) is 0 Å². The standard InChI is InChI=1S/C16H35N3/c1-5-6-7-8-9-10-11-12-13-14-15(19-17)18-16(2,3)4/h5-14,17H2,1-4H3,(H,18,19). The van der Waals surface area contributed by atoms with Crippen LogP contribution in [0.2, 0.25) is 0 Å². The predicted octanol–water partition coefficient (Wildman–Crippen LogP) is 4.57. The second-order valence-electron chi connectivity index (χ2n) is 6.45. The number of hydrogen-bond acceptors (Lipinski definition) is 2. The number of hydrogen-bond donors (Lipinski definition) is 2. The van der Waals surface area contributed by atoms with Crippen LogP contribution < -0.4 is 11.3 Å². The highest BCUT2D eigenvalue weighted by molar-refractivity contribution is 5.81. The minimum atomic E-state index is -0.0407. The summed E-state index contributed by atoms with van der Waals surface area (Å²) in [5.41, 5.74) is 2.69. The van der Waals surface area contributed by atoms with Crippen molar-refractivity contribution < 1.29 is 0 Å². The second-order valence-corrected chi connectivity index (χ2v) is 6.45. The molecule has 0 rings (SSSR count). The summed E-state index contributed by atoms with van der Waals surface area (Å²) in [4.78, 5) is 4.58. The number of nitrogens with two attached hydrogens (primary N) is 1. The molecule has 19 heavy (non-hydrogen) atoms. The lowest BCUT2D eigenvalue weighted by atomic mass is 10.1. The lowest BCUT2D eigenvalue weighted by molar-refractivity contribution is 0.560. The molecule has 0 aromatic rings. The third-order valence-electron chi connectivity index (χ3n) is 3.15. The molecule has 0 saturated heterocycles. The van der Waals surface area contributed by atoms with Gasteiger partial charge in [0, 0.05) is 6.42 Å². The smallest absolute Gasteiger partial charge is 0.111 e. The number of amidine groups is 1. The molecular weight excluding hydrogens is 234 g/mol. The van der Waals surface area contributed by atoms with E-state index in [0.717, 1.165) is 12.3 Å². The largest absolute Gasteiger partial charge is 0.312 e. The Balaban J connectivity index is 3.50. The van der Waals surface area contributed by atoms with Crippen LogP contribution in [0.1, 0.15) is 91.9 Å². The molecule has 3 N–H and O–H groups in total.